The van der Waals surface area contributed by atoms with Crippen molar-refractivity contribution in [3.63, 3.8) is 0 Å². The number of aliphatic imine (C=N–C) groups is 1. The molecule has 0 saturated heterocycles. The zero-order valence-electron chi connectivity index (χ0n) is 3.96. The molecule has 0 aliphatic carbocycles. The Labute approximate surface area is 42.2 Å². The maximum Gasteiger partial charge on any atom is 0.111 e. The highest BCUT2D eigenvalue weighted by atomic mass is 16.3. The monoisotopic (exact) mass is 97.1 g/mol. The minimum Gasteiger partial charge on any atom is -0.511 e. The van der Waals surface area contributed by atoms with Crippen LogP contribution in [0.25, 0.3) is 0 Å². The van der Waals surface area contributed by atoms with E-state index in [2.05, 4.69) is 4.99 Å². The van der Waals surface area contributed by atoms with Gasteiger partial charge in [-0.25, -0.2) is 0 Å². The van der Waals surface area contributed by atoms with Crippen molar-refractivity contribution in [2.75, 3.05) is 0 Å². The first-order valence-electron chi connectivity index (χ1n) is 2.29. The van der Waals surface area contributed by atoms with Gasteiger partial charge < -0.3 is 5.11 Å². The molecule has 0 saturated carbocycles. The molecule has 7 heavy (non-hydrogen) atoms. The molecule has 0 bridgehead atoms. The second-order valence-electron chi connectivity index (χ2n) is 1.49. The molecule has 2 nitrogen and oxygen atoms in total. The normalized spacial score (nSPS) is 19.1. The molecule has 0 aromatic rings. The average Bonchev–Trinajstić information content (AvgIpc) is 1.69. The topological polar surface area (TPSA) is 32.6 Å². The molecule has 0 atom stereocenters. The molecule has 2 heteroatoms. The van der Waals surface area contributed by atoms with E-state index in [-0.39, 0.29) is 0 Å². The summed E-state index contributed by atoms with van der Waals surface area (Å²) in [6.45, 7) is 0. The lowest BCUT2D eigenvalue weighted by molar-refractivity contribution is 0.387. The summed E-state index contributed by atoms with van der Waals surface area (Å²) in [5, 5.41) is 8.66. The summed E-state index contributed by atoms with van der Waals surface area (Å²) in [4.78, 5) is 3.72. The third kappa shape index (κ3) is 1.03. The van der Waals surface area contributed by atoms with Crippen molar-refractivity contribution in [1.82, 2.24) is 0 Å². The number of allylic oxidation sites excluding steroid dienone is 1. The van der Waals surface area contributed by atoms with E-state index in [0.717, 1.165) is 12.8 Å². The highest BCUT2D eigenvalue weighted by Crippen LogP contribution is 2.02. The first kappa shape index (κ1) is 4.37. The van der Waals surface area contributed by atoms with Crippen LogP contribution in [0.4, 0.5) is 0 Å². The van der Waals surface area contributed by atoms with E-state index in [1.54, 1.807) is 6.21 Å². The Bertz CT molecular complexity index is 115. The van der Waals surface area contributed by atoms with Crippen LogP contribution in [0.15, 0.2) is 17.0 Å². The largest absolute Gasteiger partial charge is 0.511 e. The predicted molar refractivity (Wildman–Crippen MR) is 28.4 cm³/mol. The highest BCUT2D eigenvalue weighted by molar-refractivity contribution is 5.59. The fourth-order valence-corrected chi connectivity index (χ4v) is 0.490. The molecule has 0 unspecified atom stereocenters. The standard InChI is InChI=1S/C5H7NO/c7-5-2-1-3-6-4-5/h3-4,7H,1-2H2. The summed E-state index contributed by atoms with van der Waals surface area (Å²) in [7, 11) is 0. The van der Waals surface area contributed by atoms with E-state index >= 15 is 0 Å². The first-order valence-corrected chi connectivity index (χ1v) is 2.29. The van der Waals surface area contributed by atoms with Crippen molar-refractivity contribution in [1.29, 1.82) is 0 Å². The van der Waals surface area contributed by atoms with Gasteiger partial charge in [0.1, 0.15) is 5.76 Å². The summed E-state index contributed by atoms with van der Waals surface area (Å²) in [5.74, 6) is 0.391. The maximum atomic E-state index is 8.66. The second-order valence-corrected chi connectivity index (χ2v) is 1.49. The number of nitrogens with zero attached hydrogens (tertiary/aromatic N) is 1. The molecule has 1 heterocycles. The first-order chi connectivity index (χ1) is 3.39. The van der Waals surface area contributed by atoms with Crippen molar-refractivity contribution >= 4 is 6.21 Å². The van der Waals surface area contributed by atoms with Crippen molar-refractivity contribution in [3.8, 4) is 0 Å². The van der Waals surface area contributed by atoms with Gasteiger partial charge in [-0.05, 0) is 6.42 Å². The van der Waals surface area contributed by atoms with Gasteiger partial charge in [0, 0.05) is 12.6 Å². The molecule has 0 aromatic heterocycles. The van der Waals surface area contributed by atoms with E-state index in [4.69, 9.17) is 5.11 Å². The lowest BCUT2D eigenvalue weighted by atomic mass is 10.3. The van der Waals surface area contributed by atoms with Gasteiger partial charge in [-0.15, -0.1) is 0 Å². The van der Waals surface area contributed by atoms with Crippen LogP contribution < -0.4 is 0 Å². The smallest absolute Gasteiger partial charge is 0.111 e. The summed E-state index contributed by atoms with van der Waals surface area (Å²) < 4.78 is 0. The van der Waals surface area contributed by atoms with Gasteiger partial charge in [0.2, 0.25) is 0 Å². The molecule has 1 aliphatic rings. The molecule has 1 N–H and O–H groups in total. The quantitative estimate of drug-likeness (QED) is 0.484. The van der Waals surface area contributed by atoms with Gasteiger partial charge in [-0.3, -0.25) is 4.99 Å². The molecule has 0 radical (unpaired) electrons. The van der Waals surface area contributed by atoms with Crippen LogP contribution in [-0.2, 0) is 0 Å². The van der Waals surface area contributed by atoms with E-state index in [1.807, 2.05) is 0 Å². The molecular formula is C5H7NO. The van der Waals surface area contributed by atoms with Gasteiger partial charge in [0.15, 0.2) is 0 Å². The number of aliphatic hydroxyl groups excluding tert-OH is 1. The summed E-state index contributed by atoms with van der Waals surface area (Å²) >= 11 is 0. The van der Waals surface area contributed by atoms with Crippen LogP contribution in [0.1, 0.15) is 12.8 Å². The maximum absolute atomic E-state index is 8.66. The molecule has 38 valence electrons. The zero-order valence-corrected chi connectivity index (χ0v) is 3.96. The van der Waals surface area contributed by atoms with Crippen molar-refractivity contribution in [3.05, 3.63) is 12.0 Å². The molecule has 0 aromatic carbocycles. The van der Waals surface area contributed by atoms with E-state index < -0.39 is 0 Å². The summed E-state index contributed by atoms with van der Waals surface area (Å²) in [5.41, 5.74) is 0. The van der Waals surface area contributed by atoms with E-state index in [0.29, 0.717) is 5.76 Å². The zero-order chi connectivity index (χ0) is 5.11. The Kier molecular flexibility index (Phi) is 1.11. The van der Waals surface area contributed by atoms with Crippen LogP contribution in [0.5, 0.6) is 0 Å². The van der Waals surface area contributed by atoms with Crippen LogP contribution in [0.3, 0.4) is 0 Å². The number of rotatable bonds is 0. The molecular weight excluding hydrogens is 90.1 g/mol. The Morgan fingerprint density at radius 2 is 2.57 bits per heavy atom. The molecule has 1 aliphatic heterocycles. The summed E-state index contributed by atoms with van der Waals surface area (Å²) in [6, 6.07) is 0. The van der Waals surface area contributed by atoms with Crippen LogP contribution in [-0.4, -0.2) is 11.3 Å². The molecule has 1 rings (SSSR count). The molecule has 0 spiro atoms. The minimum absolute atomic E-state index is 0.391. The third-order valence-electron chi connectivity index (χ3n) is 0.859. The van der Waals surface area contributed by atoms with Crippen LogP contribution in [0.2, 0.25) is 0 Å². The third-order valence-corrected chi connectivity index (χ3v) is 0.859. The Morgan fingerprint density at radius 3 is 2.86 bits per heavy atom. The average molecular weight is 97.1 g/mol. The summed E-state index contributed by atoms with van der Waals surface area (Å²) in [6.07, 6.45) is 4.90. The lowest BCUT2D eigenvalue weighted by Crippen LogP contribution is -1.86. The second kappa shape index (κ2) is 1.78. The van der Waals surface area contributed by atoms with Crippen molar-refractivity contribution < 1.29 is 5.11 Å². The Morgan fingerprint density at radius 1 is 1.71 bits per heavy atom. The van der Waals surface area contributed by atoms with Gasteiger partial charge in [-0.1, -0.05) is 0 Å². The highest BCUT2D eigenvalue weighted by Gasteiger charge is 1.92. The van der Waals surface area contributed by atoms with Gasteiger partial charge in [0.05, 0.1) is 6.20 Å². The molecule has 0 fully saturated rings. The lowest BCUT2D eigenvalue weighted by Gasteiger charge is -1.96. The van der Waals surface area contributed by atoms with E-state index in [9.17, 15) is 0 Å². The number of hydrogen-bond acceptors (Lipinski definition) is 2. The molecule has 0 amide bonds. The van der Waals surface area contributed by atoms with Gasteiger partial charge in [0.25, 0.3) is 0 Å². The van der Waals surface area contributed by atoms with E-state index in [1.165, 1.54) is 6.20 Å². The Hall–Kier alpha value is -0.790. The number of hydrogen-bond donors (Lipinski definition) is 1. The van der Waals surface area contributed by atoms with Crippen molar-refractivity contribution in [2.24, 2.45) is 4.99 Å². The van der Waals surface area contributed by atoms with Crippen LogP contribution in [0, 0.1) is 0 Å². The van der Waals surface area contributed by atoms with Gasteiger partial charge >= 0.3 is 0 Å². The Balaban J connectivity index is 2.57. The fraction of sp³-hybridized carbons (Fsp3) is 0.400. The van der Waals surface area contributed by atoms with Crippen molar-refractivity contribution in [2.45, 2.75) is 12.8 Å². The van der Waals surface area contributed by atoms with Crippen LogP contribution >= 0.6 is 0 Å². The van der Waals surface area contributed by atoms with Gasteiger partial charge in [-0.2, -0.15) is 0 Å². The fourth-order valence-electron chi connectivity index (χ4n) is 0.490. The SMILES string of the molecule is OC1=CN=CCC1. The number of aliphatic hydroxyl groups is 1. The predicted octanol–water partition coefficient (Wildman–Crippen LogP) is 1.25. The minimum atomic E-state index is 0.391.